The molecule has 3 rings (SSSR count). The van der Waals surface area contributed by atoms with Crippen LogP contribution in [0, 0.1) is 6.92 Å². The van der Waals surface area contributed by atoms with Crippen molar-refractivity contribution in [1.29, 1.82) is 0 Å². The maximum atomic E-state index is 12.3. The number of ether oxygens (including phenoxy) is 1. The van der Waals surface area contributed by atoms with Gasteiger partial charge in [0.2, 0.25) is 0 Å². The molecule has 6 nitrogen and oxygen atoms in total. The molecule has 0 bridgehead atoms. The summed E-state index contributed by atoms with van der Waals surface area (Å²) in [5.74, 6) is -1.38. The monoisotopic (exact) mass is 383 g/mol. The summed E-state index contributed by atoms with van der Waals surface area (Å²) in [5.41, 5.74) is 1.59. The Bertz CT molecular complexity index is 950. The first-order valence-corrected chi connectivity index (χ1v) is 8.17. The molecule has 0 saturated heterocycles. The first kappa shape index (κ1) is 17.9. The molecule has 26 heavy (non-hydrogen) atoms. The van der Waals surface area contributed by atoms with Crippen molar-refractivity contribution in [3.8, 4) is 17.0 Å². The Kier molecular flexibility index (Phi) is 4.68. The molecular formula is C16H12F3N3O3S. The summed E-state index contributed by atoms with van der Waals surface area (Å²) in [7, 11) is 0. The highest BCUT2D eigenvalue weighted by atomic mass is 32.1. The molecule has 0 unspecified atom stereocenters. The number of alkyl halides is 3. The van der Waals surface area contributed by atoms with Crippen LogP contribution < -0.4 is 4.74 Å². The number of benzene rings is 1. The van der Waals surface area contributed by atoms with Crippen LogP contribution in [0.15, 0.2) is 35.8 Å². The average Bonchev–Trinajstić information content (AvgIpc) is 3.14. The first-order valence-electron chi connectivity index (χ1n) is 7.29. The Morgan fingerprint density at radius 2 is 2.15 bits per heavy atom. The predicted octanol–water partition coefficient (Wildman–Crippen LogP) is 3.96. The summed E-state index contributed by atoms with van der Waals surface area (Å²) < 4.78 is 42.4. The van der Waals surface area contributed by atoms with Crippen molar-refractivity contribution in [3.63, 3.8) is 0 Å². The third-order valence-corrected chi connectivity index (χ3v) is 4.37. The van der Waals surface area contributed by atoms with Gasteiger partial charge in [0.1, 0.15) is 16.3 Å². The molecule has 0 aliphatic carbocycles. The molecular weight excluding hydrogens is 371 g/mol. The molecule has 0 atom stereocenters. The summed E-state index contributed by atoms with van der Waals surface area (Å²) in [6.45, 7) is 1.91. The number of thiazole rings is 1. The lowest BCUT2D eigenvalue weighted by Crippen LogP contribution is -2.17. The summed E-state index contributed by atoms with van der Waals surface area (Å²) in [5, 5.41) is 15.4. The molecule has 2 aromatic heterocycles. The van der Waals surface area contributed by atoms with Gasteiger partial charge >= 0.3 is 12.3 Å². The Morgan fingerprint density at radius 1 is 1.38 bits per heavy atom. The van der Waals surface area contributed by atoms with Gasteiger partial charge in [0.05, 0.1) is 24.1 Å². The normalized spacial score (nSPS) is 11.5. The van der Waals surface area contributed by atoms with Crippen LogP contribution in [-0.4, -0.2) is 32.2 Å². The van der Waals surface area contributed by atoms with Gasteiger partial charge in [0, 0.05) is 10.9 Å². The number of rotatable bonds is 5. The maximum absolute atomic E-state index is 12.3. The number of nitrogens with zero attached hydrogens (tertiary/aromatic N) is 3. The zero-order valence-corrected chi connectivity index (χ0v) is 14.1. The average molecular weight is 383 g/mol. The number of carboxylic acid groups (broad SMARTS) is 1. The van der Waals surface area contributed by atoms with Crippen LogP contribution >= 0.6 is 11.3 Å². The van der Waals surface area contributed by atoms with Gasteiger partial charge in [-0.05, 0) is 19.1 Å². The predicted molar refractivity (Wildman–Crippen MR) is 87.3 cm³/mol. The summed E-state index contributed by atoms with van der Waals surface area (Å²) >= 11 is 1.30. The van der Waals surface area contributed by atoms with Gasteiger partial charge in [-0.25, -0.2) is 9.78 Å². The molecule has 1 N–H and O–H groups in total. The van der Waals surface area contributed by atoms with E-state index >= 15 is 0 Å². The van der Waals surface area contributed by atoms with E-state index in [1.807, 2.05) is 0 Å². The number of hydrogen-bond donors (Lipinski definition) is 1. The van der Waals surface area contributed by atoms with E-state index < -0.39 is 12.3 Å². The van der Waals surface area contributed by atoms with Crippen molar-refractivity contribution in [2.75, 3.05) is 0 Å². The fourth-order valence-electron chi connectivity index (χ4n) is 2.31. The summed E-state index contributed by atoms with van der Waals surface area (Å²) in [4.78, 5) is 15.4. The molecule has 0 fully saturated rings. The van der Waals surface area contributed by atoms with E-state index in [0.717, 1.165) is 0 Å². The molecule has 0 spiro atoms. The van der Waals surface area contributed by atoms with Crippen molar-refractivity contribution < 1.29 is 27.8 Å². The van der Waals surface area contributed by atoms with E-state index in [1.54, 1.807) is 18.4 Å². The molecule has 0 aliphatic rings. The molecule has 2 heterocycles. The fraction of sp³-hybridized carbons (Fsp3) is 0.188. The minimum absolute atomic E-state index is 0.110. The summed E-state index contributed by atoms with van der Waals surface area (Å²) in [6.07, 6.45) is -3.49. The second-order valence-electron chi connectivity index (χ2n) is 5.31. The quantitative estimate of drug-likeness (QED) is 0.722. The third-order valence-electron chi connectivity index (χ3n) is 3.53. The van der Waals surface area contributed by atoms with Crippen LogP contribution in [0.2, 0.25) is 0 Å². The molecule has 136 valence electrons. The molecule has 3 aromatic rings. The fourth-order valence-corrected chi connectivity index (χ4v) is 3.10. The molecule has 0 amide bonds. The number of aromatic nitrogens is 3. The van der Waals surface area contributed by atoms with Crippen LogP contribution in [0.3, 0.4) is 0 Å². The van der Waals surface area contributed by atoms with Gasteiger partial charge in [0.25, 0.3) is 0 Å². The Balaban J connectivity index is 1.80. The highest BCUT2D eigenvalue weighted by Crippen LogP contribution is 2.29. The number of carbonyl (C=O) groups is 1. The van der Waals surface area contributed by atoms with Crippen molar-refractivity contribution in [3.05, 3.63) is 52.1 Å². The maximum Gasteiger partial charge on any atom is 0.573 e. The molecule has 1 aromatic carbocycles. The number of halogens is 3. The van der Waals surface area contributed by atoms with Crippen molar-refractivity contribution in [1.82, 2.24) is 14.8 Å². The van der Waals surface area contributed by atoms with Gasteiger partial charge in [-0.2, -0.15) is 5.10 Å². The van der Waals surface area contributed by atoms with Crippen molar-refractivity contribution in [2.24, 2.45) is 0 Å². The Morgan fingerprint density at radius 3 is 2.81 bits per heavy atom. The second-order valence-corrected chi connectivity index (χ2v) is 6.25. The highest BCUT2D eigenvalue weighted by Gasteiger charge is 2.31. The molecule has 0 aliphatic heterocycles. The largest absolute Gasteiger partial charge is 0.573 e. The standard InChI is InChI=1S/C16H12F3N3O3S/c1-9-12(15(23)24)6-20-22(9)7-14-21-13(8-26-14)10-3-2-4-11(5-10)25-16(17,18)19/h2-6,8H,7H2,1H3,(H,23,24). The smallest absolute Gasteiger partial charge is 0.478 e. The first-order chi connectivity index (χ1) is 12.2. The van der Waals surface area contributed by atoms with Crippen LogP contribution in [0.5, 0.6) is 5.75 Å². The molecule has 0 radical (unpaired) electrons. The van der Waals surface area contributed by atoms with Gasteiger partial charge in [-0.3, -0.25) is 4.68 Å². The SMILES string of the molecule is Cc1c(C(=O)O)cnn1Cc1nc(-c2cccc(OC(F)(F)F)c2)cs1. The van der Waals surface area contributed by atoms with E-state index in [1.165, 1.54) is 40.4 Å². The zero-order valence-electron chi connectivity index (χ0n) is 13.3. The Hall–Kier alpha value is -2.88. The van der Waals surface area contributed by atoms with Crippen molar-refractivity contribution >= 4 is 17.3 Å². The lowest BCUT2D eigenvalue weighted by molar-refractivity contribution is -0.274. The lowest BCUT2D eigenvalue weighted by Gasteiger charge is -2.09. The molecule has 0 saturated carbocycles. The highest BCUT2D eigenvalue weighted by molar-refractivity contribution is 7.09. The van der Waals surface area contributed by atoms with Gasteiger partial charge in [-0.15, -0.1) is 24.5 Å². The van der Waals surface area contributed by atoms with Crippen molar-refractivity contribution in [2.45, 2.75) is 19.8 Å². The van der Waals surface area contributed by atoms with E-state index in [2.05, 4.69) is 14.8 Å². The lowest BCUT2D eigenvalue weighted by atomic mass is 10.2. The Labute approximate surface area is 149 Å². The number of hydrogen-bond acceptors (Lipinski definition) is 5. The minimum atomic E-state index is -4.76. The second kappa shape index (κ2) is 6.79. The molecule has 10 heteroatoms. The van der Waals surface area contributed by atoms with E-state index in [4.69, 9.17) is 5.11 Å². The van der Waals surface area contributed by atoms with Gasteiger partial charge in [0.15, 0.2) is 0 Å². The zero-order chi connectivity index (χ0) is 18.9. The number of aromatic carboxylic acids is 1. The van der Waals surface area contributed by atoms with Crippen LogP contribution in [-0.2, 0) is 6.54 Å². The van der Waals surface area contributed by atoms with E-state index in [-0.39, 0.29) is 17.9 Å². The van der Waals surface area contributed by atoms with Crippen LogP contribution in [0.25, 0.3) is 11.3 Å². The number of carboxylic acids is 1. The minimum Gasteiger partial charge on any atom is -0.478 e. The van der Waals surface area contributed by atoms with Gasteiger partial charge < -0.3 is 9.84 Å². The van der Waals surface area contributed by atoms with E-state index in [9.17, 15) is 18.0 Å². The van der Waals surface area contributed by atoms with Crippen LogP contribution in [0.1, 0.15) is 21.1 Å². The van der Waals surface area contributed by atoms with Gasteiger partial charge in [-0.1, -0.05) is 12.1 Å². The van der Waals surface area contributed by atoms with E-state index in [0.29, 0.717) is 22.0 Å². The van der Waals surface area contributed by atoms with Crippen LogP contribution in [0.4, 0.5) is 13.2 Å². The third kappa shape index (κ3) is 4.02. The summed E-state index contributed by atoms with van der Waals surface area (Å²) in [6, 6.07) is 5.55. The topological polar surface area (TPSA) is 77.2 Å².